The van der Waals surface area contributed by atoms with E-state index in [1.165, 1.54) is 6.21 Å². The zero-order valence-corrected chi connectivity index (χ0v) is 25.2. The van der Waals surface area contributed by atoms with Gasteiger partial charge in [-0.2, -0.15) is 5.10 Å². The molecule has 1 aromatic heterocycles. The van der Waals surface area contributed by atoms with Gasteiger partial charge in [-0.1, -0.05) is 54.6 Å². The molecule has 0 aliphatic heterocycles. The molecule has 0 radical (unpaired) electrons. The molecule has 0 saturated carbocycles. The van der Waals surface area contributed by atoms with Crippen LogP contribution in [0.2, 0.25) is 0 Å². The van der Waals surface area contributed by atoms with Gasteiger partial charge < -0.3 is 19.2 Å². The van der Waals surface area contributed by atoms with Crippen molar-refractivity contribution in [2.75, 3.05) is 13.2 Å². The van der Waals surface area contributed by atoms with Gasteiger partial charge >= 0.3 is 5.97 Å². The zero-order valence-electron chi connectivity index (χ0n) is 23.0. The van der Waals surface area contributed by atoms with Gasteiger partial charge in [-0.05, 0) is 78.4 Å². The number of H-pyrrole nitrogens is 1. The molecule has 9 heteroatoms. The number of para-hydroxylation sites is 2. The fourth-order valence-electron chi connectivity index (χ4n) is 4.49. The number of esters is 1. The third-order valence-corrected chi connectivity index (χ3v) is 7.24. The largest absolute Gasteiger partial charge is 0.490 e. The fraction of sp³-hybridized carbons (Fsp3) is 0.121. The monoisotopic (exact) mass is 673 g/mol. The van der Waals surface area contributed by atoms with Gasteiger partial charge in [0.2, 0.25) is 0 Å². The molecule has 0 aliphatic carbocycles. The molecular weight excluding hydrogens is 645 g/mol. The van der Waals surface area contributed by atoms with Crippen LogP contribution in [-0.4, -0.2) is 36.3 Å². The summed E-state index contributed by atoms with van der Waals surface area (Å²) < 4.78 is 17.9. The number of hydrazone groups is 1. The van der Waals surface area contributed by atoms with Crippen molar-refractivity contribution < 1.29 is 23.8 Å². The first-order valence-electron chi connectivity index (χ1n) is 13.4. The molecule has 0 atom stereocenters. The first-order chi connectivity index (χ1) is 20.5. The van der Waals surface area contributed by atoms with E-state index in [2.05, 4.69) is 38.1 Å². The van der Waals surface area contributed by atoms with E-state index in [1.807, 2.05) is 62.4 Å². The summed E-state index contributed by atoms with van der Waals surface area (Å²) in [4.78, 5) is 29.6. The van der Waals surface area contributed by atoms with Crippen LogP contribution in [0.4, 0.5) is 0 Å². The number of aromatic amines is 1. The van der Waals surface area contributed by atoms with Crippen molar-refractivity contribution in [3.63, 3.8) is 0 Å². The minimum atomic E-state index is -0.566. The van der Waals surface area contributed by atoms with Crippen molar-refractivity contribution in [3.05, 3.63) is 111 Å². The van der Waals surface area contributed by atoms with Gasteiger partial charge in [-0.15, -0.1) is 0 Å². The summed E-state index contributed by atoms with van der Waals surface area (Å²) in [6.45, 7) is 4.63. The number of rotatable bonds is 10. The van der Waals surface area contributed by atoms with Crippen LogP contribution in [0.25, 0.3) is 22.0 Å². The topological polar surface area (TPSA) is 102 Å². The highest BCUT2D eigenvalue weighted by molar-refractivity contribution is 14.1. The molecule has 0 aliphatic rings. The second-order valence-electron chi connectivity index (χ2n) is 9.06. The number of halogens is 1. The SMILES string of the molecule is CCOc1ccc(C(=O)Oc2ccccc2C=NNC(=O)c2[nH]c3c(I)cccc3c2-c2ccccc2)cc1OCC. The van der Waals surface area contributed by atoms with Crippen LogP contribution in [0, 0.1) is 3.57 Å². The molecule has 212 valence electrons. The molecule has 0 fully saturated rings. The predicted octanol–water partition coefficient (Wildman–Crippen LogP) is 7.22. The van der Waals surface area contributed by atoms with Crippen molar-refractivity contribution in [2.45, 2.75) is 13.8 Å². The minimum absolute atomic E-state index is 0.289. The summed E-state index contributed by atoms with van der Waals surface area (Å²) >= 11 is 2.25. The second-order valence-corrected chi connectivity index (χ2v) is 10.2. The Morgan fingerprint density at radius 1 is 0.857 bits per heavy atom. The number of hydrogen-bond donors (Lipinski definition) is 2. The molecule has 1 heterocycles. The van der Waals surface area contributed by atoms with Crippen LogP contribution in [0.3, 0.4) is 0 Å². The van der Waals surface area contributed by atoms with E-state index in [9.17, 15) is 9.59 Å². The molecule has 5 rings (SSSR count). The number of hydrogen-bond acceptors (Lipinski definition) is 6. The van der Waals surface area contributed by atoms with Crippen LogP contribution >= 0.6 is 22.6 Å². The smallest absolute Gasteiger partial charge is 0.343 e. The summed E-state index contributed by atoms with van der Waals surface area (Å²) in [5.41, 5.74) is 6.43. The van der Waals surface area contributed by atoms with Crippen LogP contribution in [0.1, 0.15) is 40.3 Å². The number of amides is 1. The highest BCUT2D eigenvalue weighted by Gasteiger charge is 2.20. The first kappa shape index (κ1) is 28.9. The molecule has 1 amide bonds. The molecular formula is C33H28IN3O5. The highest BCUT2D eigenvalue weighted by Crippen LogP contribution is 2.34. The predicted molar refractivity (Wildman–Crippen MR) is 172 cm³/mol. The quantitative estimate of drug-likeness (QED) is 0.0536. The van der Waals surface area contributed by atoms with Crippen molar-refractivity contribution in [1.82, 2.24) is 10.4 Å². The molecule has 0 saturated heterocycles. The summed E-state index contributed by atoms with van der Waals surface area (Å²) in [6, 6.07) is 27.5. The van der Waals surface area contributed by atoms with Gasteiger partial charge in [-0.3, -0.25) is 4.79 Å². The lowest BCUT2D eigenvalue weighted by atomic mass is 10.0. The molecule has 8 nitrogen and oxygen atoms in total. The number of nitrogens with one attached hydrogen (secondary N) is 2. The number of carbonyl (C=O) groups excluding carboxylic acids is 2. The Morgan fingerprint density at radius 3 is 2.38 bits per heavy atom. The van der Waals surface area contributed by atoms with Crippen molar-refractivity contribution in [1.29, 1.82) is 0 Å². The van der Waals surface area contributed by atoms with E-state index >= 15 is 0 Å². The maximum atomic E-state index is 13.4. The van der Waals surface area contributed by atoms with E-state index in [0.717, 1.165) is 25.6 Å². The normalized spacial score (nSPS) is 11.0. The van der Waals surface area contributed by atoms with Gasteiger partial charge in [-0.25, -0.2) is 10.2 Å². The second kappa shape index (κ2) is 13.3. The lowest BCUT2D eigenvalue weighted by Crippen LogP contribution is -2.19. The number of carbonyl (C=O) groups is 2. The minimum Gasteiger partial charge on any atom is -0.490 e. The Balaban J connectivity index is 1.36. The molecule has 0 spiro atoms. The van der Waals surface area contributed by atoms with E-state index in [4.69, 9.17) is 14.2 Å². The molecule has 2 N–H and O–H groups in total. The molecule has 0 bridgehead atoms. The van der Waals surface area contributed by atoms with Crippen molar-refractivity contribution in [3.8, 4) is 28.4 Å². The number of fused-ring (bicyclic) bond motifs is 1. The summed E-state index contributed by atoms with van der Waals surface area (Å²) in [6.07, 6.45) is 1.44. The highest BCUT2D eigenvalue weighted by atomic mass is 127. The molecule has 4 aromatic carbocycles. The third kappa shape index (κ3) is 6.31. The summed E-state index contributed by atoms with van der Waals surface area (Å²) in [5, 5.41) is 5.13. The van der Waals surface area contributed by atoms with E-state index in [1.54, 1.807) is 42.5 Å². The molecule has 0 unspecified atom stereocenters. The van der Waals surface area contributed by atoms with Crippen LogP contribution in [0.5, 0.6) is 17.2 Å². The zero-order chi connectivity index (χ0) is 29.5. The van der Waals surface area contributed by atoms with Gasteiger partial charge in [0, 0.05) is 20.1 Å². The van der Waals surface area contributed by atoms with Gasteiger partial charge in [0.05, 0.1) is 30.5 Å². The summed E-state index contributed by atoms with van der Waals surface area (Å²) in [7, 11) is 0. The van der Waals surface area contributed by atoms with Crippen LogP contribution in [-0.2, 0) is 0 Å². The van der Waals surface area contributed by atoms with Gasteiger partial charge in [0.15, 0.2) is 11.5 Å². The maximum Gasteiger partial charge on any atom is 0.343 e. The van der Waals surface area contributed by atoms with Gasteiger partial charge in [0.1, 0.15) is 11.4 Å². The summed E-state index contributed by atoms with van der Waals surface area (Å²) in [5.74, 6) is 0.346. The standard InChI is InChI=1S/C33H28IN3O5/c1-3-40-27-18-17-22(19-28(27)41-4-2)33(39)42-26-16-9-8-13-23(26)20-35-37-32(38)31-29(21-11-6-5-7-12-21)24-14-10-15-25(34)30(24)36-31/h5-20,36H,3-4H2,1-2H3,(H,37,38). The Kier molecular flexibility index (Phi) is 9.18. The number of ether oxygens (including phenoxy) is 3. The number of benzene rings is 4. The van der Waals surface area contributed by atoms with E-state index < -0.39 is 11.9 Å². The fourth-order valence-corrected chi connectivity index (χ4v) is 5.12. The Hall–Kier alpha value is -4.64. The molecule has 5 aromatic rings. The lowest BCUT2D eigenvalue weighted by molar-refractivity contribution is 0.0733. The lowest BCUT2D eigenvalue weighted by Gasteiger charge is -2.12. The third-order valence-electron chi connectivity index (χ3n) is 6.34. The van der Waals surface area contributed by atoms with Crippen molar-refractivity contribution >= 4 is 51.6 Å². The maximum absolute atomic E-state index is 13.4. The first-order valence-corrected chi connectivity index (χ1v) is 14.5. The molecule has 42 heavy (non-hydrogen) atoms. The Labute approximate surface area is 256 Å². The van der Waals surface area contributed by atoms with E-state index in [-0.39, 0.29) is 5.75 Å². The Bertz CT molecular complexity index is 1760. The number of aromatic nitrogens is 1. The average molecular weight is 674 g/mol. The Morgan fingerprint density at radius 2 is 1.60 bits per heavy atom. The van der Waals surface area contributed by atoms with E-state index in [0.29, 0.717) is 41.5 Å². The van der Waals surface area contributed by atoms with Crippen LogP contribution in [0.15, 0.2) is 96.1 Å². The van der Waals surface area contributed by atoms with Gasteiger partial charge in [0.25, 0.3) is 5.91 Å². The van der Waals surface area contributed by atoms with Crippen molar-refractivity contribution in [2.24, 2.45) is 5.10 Å². The van der Waals surface area contributed by atoms with Crippen LogP contribution < -0.4 is 19.6 Å². The number of nitrogens with zero attached hydrogens (tertiary/aromatic N) is 1. The average Bonchev–Trinajstić information content (AvgIpc) is 3.41.